The Morgan fingerprint density at radius 2 is 2.00 bits per heavy atom. The number of Topliss-reactive ketones (excluding diaryl/α,β-unsaturated/α-hetero) is 1. The number of ketones is 1. The highest BCUT2D eigenvalue weighted by Gasteiger charge is 2.32. The van der Waals surface area contributed by atoms with Crippen LogP contribution >= 0.6 is 0 Å². The molecule has 1 unspecified atom stereocenters. The number of rotatable bonds is 3. The van der Waals surface area contributed by atoms with Gasteiger partial charge in [-0.15, -0.1) is 0 Å². The molecule has 5 heteroatoms. The number of methoxy groups -OCH3 is 2. The molecular weight excluding hydrogens is 292 g/mol. The van der Waals surface area contributed by atoms with Crippen molar-refractivity contribution in [2.24, 2.45) is 0 Å². The van der Waals surface area contributed by atoms with Gasteiger partial charge >= 0.3 is 0 Å². The fraction of sp³-hybridized carbons (Fsp3) is 0.222. The number of hydrogen-bond acceptors (Lipinski definition) is 5. The van der Waals surface area contributed by atoms with Crippen molar-refractivity contribution in [3.63, 3.8) is 0 Å². The zero-order valence-electron chi connectivity index (χ0n) is 12.9. The predicted molar refractivity (Wildman–Crippen MR) is 86.0 cm³/mol. The number of carbonyl (C=O) groups is 1. The molecule has 3 rings (SSSR count). The monoisotopic (exact) mass is 308 g/mol. The van der Waals surface area contributed by atoms with Gasteiger partial charge in [0.15, 0.2) is 5.78 Å². The Hall–Kier alpha value is -2.84. The van der Waals surface area contributed by atoms with Gasteiger partial charge in [0.25, 0.3) is 0 Å². The smallest absolute Gasteiger partial charge is 0.197 e. The summed E-state index contributed by atoms with van der Waals surface area (Å²) in [6.07, 6.45) is 4.82. The van der Waals surface area contributed by atoms with Gasteiger partial charge in [0.2, 0.25) is 0 Å². The van der Waals surface area contributed by atoms with E-state index in [0.29, 0.717) is 17.7 Å². The van der Waals surface area contributed by atoms with Gasteiger partial charge in [0, 0.05) is 30.1 Å². The second-order valence-corrected chi connectivity index (χ2v) is 5.26. The number of nitriles is 1. The number of allylic oxidation sites excluding steroid dienone is 2. The molecule has 0 saturated heterocycles. The molecule has 0 spiro atoms. The third-order valence-corrected chi connectivity index (χ3v) is 3.96. The zero-order valence-corrected chi connectivity index (χ0v) is 12.9. The van der Waals surface area contributed by atoms with Crippen molar-refractivity contribution in [1.29, 1.82) is 5.26 Å². The average molecular weight is 308 g/mol. The van der Waals surface area contributed by atoms with Crippen molar-refractivity contribution in [2.45, 2.75) is 6.10 Å². The lowest BCUT2D eigenvalue weighted by Crippen LogP contribution is -2.33. The van der Waals surface area contributed by atoms with E-state index in [1.54, 1.807) is 13.2 Å². The second kappa shape index (κ2) is 6.11. The van der Waals surface area contributed by atoms with Crippen molar-refractivity contribution < 1.29 is 14.3 Å². The topological polar surface area (TPSA) is 62.6 Å². The van der Waals surface area contributed by atoms with Gasteiger partial charge in [-0.05, 0) is 30.3 Å². The van der Waals surface area contributed by atoms with E-state index >= 15 is 0 Å². The number of hydrogen-bond donors (Lipinski definition) is 0. The molecular formula is C18H16N2O3. The van der Waals surface area contributed by atoms with Crippen LogP contribution in [0.4, 0.5) is 5.69 Å². The summed E-state index contributed by atoms with van der Waals surface area (Å²) in [5.41, 5.74) is 2.59. The minimum Gasteiger partial charge on any atom is -0.497 e. The molecule has 0 N–H and O–H groups in total. The summed E-state index contributed by atoms with van der Waals surface area (Å²) in [6, 6.07) is 9.73. The first kappa shape index (κ1) is 15.1. The number of nitrogens with zero attached hydrogens (tertiary/aromatic N) is 2. The quantitative estimate of drug-likeness (QED) is 0.858. The Morgan fingerprint density at radius 1 is 1.26 bits per heavy atom. The van der Waals surface area contributed by atoms with E-state index in [1.807, 2.05) is 41.4 Å². The number of anilines is 1. The number of carbonyl (C=O) groups excluding carboxylic acids is 1. The Morgan fingerprint density at radius 3 is 2.61 bits per heavy atom. The van der Waals surface area contributed by atoms with Gasteiger partial charge < -0.3 is 14.4 Å². The Bertz CT molecular complexity index is 766. The molecule has 1 aliphatic carbocycles. The van der Waals surface area contributed by atoms with Gasteiger partial charge in [-0.3, -0.25) is 4.79 Å². The maximum atomic E-state index is 12.4. The van der Waals surface area contributed by atoms with Crippen molar-refractivity contribution in [3.05, 3.63) is 59.3 Å². The number of ether oxygens (including phenoxy) is 2. The summed E-state index contributed by atoms with van der Waals surface area (Å²) in [4.78, 5) is 14.4. The molecule has 0 saturated carbocycles. The molecule has 0 bridgehead atoms. The van der Waals surface area contributed by atoms with Gasteiger partial charge in [-0.25, -0.2) is 0 Å². The van der Waals surface area contributed by atoms with Crippen LogP contribution < -0.4 is 9.64 Å². The third-order valence-electron chi connectivity index (χ3n) is 3.96. The lowest BCUT2D eigenvalue weighted by atomic mass is 9.87. The van der Waals surface area contributed by atoms with Crippen molar-refractivity contribution >= 4 is 11.5 Å². The molecule has 1 aromatic rings. The van der Waals surface area contributed by atoms with E-state index < -0.39 is 6.10 Å². The molecule has 1 atom stereocenters. The van der Waals surface area contributed by atoms with Crippen LogP contribution in [0.5, 0.6) is 5.75 Å². The zero-order chi connectivity index (χ0) is 16.4. The van der Waals surface area contributed by atoms with E-state index in [4.69, 9.17) is 9.47 Å². The molecule has 5 nitrogen and oxygen atoms in total. The van der Waals surface area contributed by atoms with E-state index in [1.165, 1.54) is 7.11 Å². The summed E-state index contributed by atoms with van der Waals surface area (Å²) in [5, 5.41) is 9.45. The van der Waals surface area contributed by atoms with Crippen LogP contribution in [0.2, 0.25) is 0 Å². The number of fused-ring (bicyclic) bond motifs is 1. The first-order valence-electron chi connectivity index (χ1n) is 7.19. The molecule has 116 valence electrons. The Balaban J connectivity index is 1.99. The van der Waals surface area contributed by atoms with Crippen molar-refractivity contribution in [3.8, 4) is 11.8 Å². The fourth-order valence-corrected chi connectivity index (χ4v) is 2.76. The minimum absolute atomic E-state index is 0.160. The Kier molecular flexibility index (Phi) is 4.00. The molecule has 1 heterocycles. The fourth-order valence-electron chi connectivity index (χ4n) is 2.76. The normalized spacial score (nSPS) is 20.0. The van der Waals surface area contributed by atoms with E-state index in [9.17, 15) is 10.1 Å². The molecule has 0 aromatic heterocycles. The SMILES string of the molecule is COc1ccc(N2C=C3C=CC(OC)C(=O)C3=C(C#N)C2)cc1. The molecule has 23 heavy (non-hydrogen) atoms. The third kappa shape index (κ3) is 2.65. The summed E-state index contributed by atoms with van der Waals surface area (Å²) in [7, 11) is 3.10. The highest BCUT2D eigenvalue weighted by molar-refractivity contribution is 6.07. The maximum absolute atomic E-state index is 12.4. The number of benzene rings is 1. The molecule has 0 amide bonds. The van der Waals surface area contributed by atoms with E-state index in [0.717, 1.165) is 17.0 Å². The molecule has 2 aliphatic rings. The van der Waals surface area contributed by atoms with Crippen LogP contribution in [0.3, 0.4) is 0 Å². The summed E-state index contributed by atoms with van der Waals surface area (Å²) >= 11 is 0. The highest BCUT2D eigenvalue weighted by Crippen LogP contribution is 2.32. The average Bonchev–Trinajstić information content (AvgIpc) is 2.61. The van der Waals surface area contributed by atoms with Gasteiger partial charge in [-0.2, -0.15) is 5.26 Å². The standard InChI is InChI=1S/C18H16N2O3/c1-22-15-6-4-14(5-7-15)20-10-12-3-8-16(23-2)18(21)17(12)13(9-19)11-20/h3-8,10,16H,11H2,1-2H3. The lowest BCUT2D eigenvalue weighted by Gasteiger charge is -2.30. The maximum Gasteiger partial charge on any atom is 0.197 e. The molecule has 1 aliphatic heterocycles. The van der Waals surface area contributed by atoms with Crippen LogP contribution in [0, 0.1) is 11.3 Å². The Labute approximate surface area is 134 Å². The van der Waals surface area contributed by atoms with Crippen molar-refractivity contribution in [2.75, 3.05) is 25.7 Å². The predicted octanol–water partition coefficient (Wildman–Crippen LogP) is 2.37. The van der Waals surface area contributed by atoms with Crippen LogP contribution in [0.15, 0.2) is 59.3 Å². The van der Waals surface area contributed by atoms with Crippen LogP contribution in [0.1, 0.15) is 0 Å². The van der Waals surface area contributed by atoms with Crippen molar-refractivity contribution in [1.82, 2.24) is 0 Å². The lowest BCUT2D eigenvalue weighted by molar-refractivity contribution is -0.122. The minimum atomic E-state index is -0.613. The van der Waals surface area contributed by atoms with E-state index in [2.05, 4.69) is 6.07 Å². The second-order valence-electron chi connectivity index (χ2n) is 5.26. The molecule has 0 fully saturated rings. The van der Waals surface area contributed by atoms with Crippen LogP contribution in [0.25, 0.3) is 0 Å². The highest BCUT2D eigenvalue weighted by atomic mass is 16.5. The molecule has 0 radical (unpaired) electrons. The first-order chi connectivity index (χ1) is 11.2. The van der Waals surface area contributed by atoms with E-state index in [-0.39, 0.29) is 5.78 Å². The van der Waals surface area contributed by atoms with Crippen LogP contribution in [-0.2, 0) is 9.53 Å². The summed E-state index contributed by atoms with van der Waals surface area (Å²) in [5.74, 6) is 0.609. The van der Waals surface area contributed by atoms with Gasteiger partial charge in [0.1, 0.15) is 11.9 Å². The molecule has 1 aromatic carbocycles. The van der Waals surface area contributed by atoms with Gasteiger partial charge in [0.05, 0.1) is 25.3 Å². The van der Waals surface area contributed by atoms with Gasteiger partial charge in [-0.1, -0.05) is 6.08 Å². The van der Waals surface area contributed by atoms with Crippen LogP contribution in [-0.4, -0.2) is 32.7 Å². The summed E-state index contributed by atoms with van der Waals surface area (Å²) < 4.78 is 10.3. The first-order valence-corrected chi connectivity index (χ1v) is 7.19. The summed E-state index contributed by atoms with van der Waals surface area (Å²) in [6.45, 7) is 0.359. The largest absolute Gasteiger partial charge is 0.497 e.